The first-order chi connectivity index (χ1) is 8.63. The summed E-state index contributed by atoms with van der Waals surface area (Å²) in [5, 5.41) is 8.55. The van der Waals surface area contributed by atoms with Crippen LogP contribution in [0, 0.1) is 0 Å². The number of aliphatic hydroxyl groups excluding tert-OH is 1. The fourth-order valence-corrected chi connectivity index (χ4v) is 1.57. The van der Waals surface area contributed by atoms with Crippen molar-refractivity contribution in [2.45, 2.75) is 11.3 Å². The summed E-state index contributed by atoms with van der Waals surface area (Å²) in [6, 6.07) is 7.54. The number of nitrogens with zero attached hydrogens (tertiary/aromatic N) is 1. The average Bonchev–Trinajstić information content (AvgIpc) is 2.37. The Bertz CT molecular complexity index is 367. The van der Waals surface area contributed by atoms with E-state index in [9.17, 15) is 4.79 Å². The molecule has 0 spiro atoms. The van der Waals surface area contributed by atoms with Crippen molar-refractivity contribution in [2.75, 3.05) is 33.4 Å². The second-order valence-electron chi connectivity index (χ2n) is 3.99. The lowest BCUT2D eigenvalue weighted by atomic mass is 10.1. The van der Waals surface area contributed by atoms with Gasteiger partial charge in [-0.1, -0.05) is 12.1 Å². The standard InChI is InChI=1S/C13H19NO3S/c1-14(6-8-17-9-7-15)13(16)10-11-2-4-12(18)5-3-11/h2-5,15,18H,6-10H2,1H3. The van der Waals surface area contributed by atoms with Crippen LogP contribution >= 0.6 is 12.6 Å². The number of aliphatic hydroxyl groups is 1. The van der Waals surface area contributed by atoms with Gasteiger partial charge in [0.1, 0.15) is 0 Å². The third kappa shape index (κ3) is 5.53. The minimum atomic E-state index is 0.00768. The van der Waals surface area contributed by atoms with Crippen molar-refractivity contribution in [1.29, 1.82) is 0 Å². The molecule has 0 heterocycles. The van der Waals surface area contributed by atoms with Crippen LogP contribution in [0.15, 0.2) is 29.2 Å². The van der Waals surface area contributed by atoms with Gasteiger partial charge in [0, 0.05) is 18.5 Å². The molecule has 1 rings (SSSR count). The van der Waals surface area contributed by atoms with Crippen LogP contribution in [0.3, 0.4) is 0 Å². The Morgan fingerprint density at radius 1 is 1.33 bits per heavy atom. The van der Waals surface area contributed by atoms with Gasteiger partial charge in [-0.3, -0.25) is 4.79 Å². The number of benzene rings is 1. The van der Waals surface area contributed by atoms with Crippen LogP contribution in [0.2, 0.25) is 0 Å². The summed E-state index contributed by atoms with van der Waals surface area (Å²) in [6.45, 7) is 1.29. The molecule has 1 aromatic rings. The highest BCUT2D eigenvalue weighted by atomic mass is 32.1. The molecule has 0 atom stereocenters. The molecule has 0 aliphatic carbocycles. The van der Waals surface area contributed by atoms with Crippen molar-refractivity contribution in [2.24, 2.45) is 0 Å². The molecule has 1 aromatic carbocycles. The Labute approximate surface area is 113 Å². The summed E-state index contributed by atoms with van der Waals surface area (Å²) in [4.78, 5) is 14.4. The lowest BCUT2D eigenvalue weighted by Crippen LogP contribution is -2.31. The third-order valence-corrected chi connectivity index (χ3v) is 2.82. The van der Waals surface area contributed by atoms with Crippen molar-refractivity contribution in [1.82, 2.24) is 4.90 Å². The summed E-state index contributed by atoms with van der Waals surface area (Å²) >= 11 is 4.20. The minimum Gasteiger partial charge on any atom is -0.394 e. The summed E-state index contributed by atoms with van der Waals surface area (Å²) in [5.74, 6) is 0.0505. The molecule has 0 fully saturated rings. The van der Waals surface area contributed by atoms with Gasteiger partial charge in [0.15, 0.2) is 0 Å². The van der Waals surface area contributed by atoms with Crippen LogP contribution in [0.4, 0.5) is 0 Å². The van der Waals surface area contributed by atoms with Crippen LogP contribution in [0.1, 0.15) is 5.56 Å². The Morgan fingerprint density at radius 3 is 2.61 bits per heavy atom. The van der Waals surface area contributed by atoms with E-state index in [0.29, 0.717) is 26.2 Å². The molecule has 1 N–H and O–H groups in total. The van der Waals surface area contributed by atoms with Crippen LogP contribution in [0.25, 0.3) is 0 Å². The Hall–Kier alpha value is -1.04. The molecular weight excluding hydrogens is 250 g/mol. The summed E-state index contributed by atoms with van der Waals surface area (Å²) in [6.07, 6.45) is 0.380. The number of carbonyl (C=O) groups excluding carboxylic acids is 1. The van der Waals surface area contributed by atoms with E-state index in [0.717, 1.165) is 10.5 Å². The van der Waals surface area contributed by atoms with Crippen LogP contribution in [0.5, 0.6) is 0 Å². The predicted octanol–water partition coefficient (Wildman–Crippen LogP) is 0.985. The van der Waals surface area contributed by atoms with Crippen molar-refractivity contribution in [3.05, 3.63) is 29.8 Å². The van der Waals surface area contributed by atoms with Gasteiger partial charge in [0.2, 0.25) is 5.91 Å². The second kappa shape index (κ2) is 8.13. The maximum atomic E-state index is 11.9. The third-order valence-electron chi connectivity index (χ3n) is 2.52. The zero-order chi connectivity index (χ0) is 13.4. The number of carbonyl (C=O) groups is 1. The van der Waals surface area contributed by atoms with E-state index in [1.54, 1.807) is 11.9 Å². The van der Waals surface area contributed by atoms with E-state index in [4.69, 9.17) is 9.84 Å². The van der Waals surface area contributed by atoms with E-state index in [1.807, 2.05) is 24.3 Å². The first-order valence-corrected chi connectivity index (χ1v) is 6.28. The number of rotatable bonds is 7. The maximum absolute atomic E-state index is 11.9. The molecule has 0 unspecified atom stereocenters. The quantitative estimate of drug-likeness (QED) is 0.573. The van der Waals surface area contributed by atoms with Gasteiger partial charge in [0.25, 0.3) is 0 Å². The molecule has 0 aliphatic rings. The summed E-state index contributed by atoms with van der Waals surface area (Å²) < 4.78 is 5.12. The highest BCUT2D eigenvalue weighted by Crippen LogP contribution is 2.09. The highest BCUT2D eigenvalue weighted by molar-refractivity contribution is 7.80. The van der Waals surface area contributed by atoms with Gasteiger partial charge in [-0.05, 0) is 17.7 Å². The number of thiol groups is 1. The van der Waals surface area contributed by atoms with Crippen molar-refractivity contribution in [3.8, 4) is 0 Å². The van der Waals surface area contributed by atoms with Crippen LogP contribution in [-0.2, 0) is 16.0 Å². The molecule has 0 radical (unpaired) electrons. The van der Waals surface area contributed by atoms with Gasteiger partial charge in [0.05, 0.1) is 26.2 Å². The van der Waals surface area contributed by atoms with Crippen molar-refractivity contribution < 1.29 is 14.6 Å². The van der Waals surface area contributed by atoms with Gasteiger partial charge in [-0.15, -0.1) is 12.6 Å². The lowest BCUT2D eigenvalue weighted by molar-refractivity contribution is -0.129. The normalized spacial score (nSPS) is 10.4. The molecule has 0 bridgehead atoms. The van der Waals surface area contributed by atoms with E-state index in [2.05, 4.69) is 12.6 Å². The molecule has 1 amide bonds. The summed E-state index contributed by atoms with van der Waals surface area (Å²) in [5.41, 5.74) is 0.973. The molecule has 0 aromatic heterocycles. The smallest absolute Gasteiger partial charge is 0.226 e. The Balaban J connectivity index is 2.33. The molecule has 0 saturated carbocycles. The molecule has 4 nitrogen and oxygen atoms in total. The van der Waals surface area contributed by atoms with Crippen LogP contribution in [-0.4, -0.2) is 49.3 Å². The Morgan fingerprint density at radius 2 is 2.00 bits per heavy atom. The van der Waals surface area contributed by atoms with Crippen LogP contribution < -0.4 is 0 Å². The number of ether oxygens (including phenoxy) is 1. The topological polar surface area (TPSA) is 49.8 Å². The fourth-order valence-electron chi connectivity index (χ4n) is 1.42. The van der Waals surface area contributed by atoms with Gasteiger partial charge < -0.3 is 14.7 Å². The first kappa shape index (κ1) is 15.0. The molecule has 0 aliphatic heterocycles. The SMILES string of the molecule is CN(CCOCCO)C(=O)Cc1ccc(S)cc1. The average molecular weight is 269 g/mol. The molecular formula is C13H19NO3S. The number of hydrogen-bond acceptors (Lipinski definition) is 4. The van der Waals surface area contributed by atoms with E-state index in [1.165, 1.54) is 0 Å². The summed E-state index contributed by atoms with van der Waals surface area (Å²) in [7, 11) is 1.75. The molecule has 18 heavy (non-hydrogen) atoms. The zero-order valence-electron chi connectivity index (χ0n) is 10.5. The number of amides is 1. The van der Waals surface area contributed by atoms with Gasteiger partial charge in [-0.25, -0.2) is 0 Å². The highest BCUT2D eigenvalue weighted by Gasteiger charge is 2.09. The largest absolute Gasteiger partial charge is 0.394 e. The zero-order valence-corrected chi connectivity index (χ0v) is 11.4. The van der Waals surface area contributed by atoms with E-state index in [-0.39, 0.29) is 12.5 Å². The van der Waals surface area contributed by atoms with Gasteiger partial charge >= 0.3 is 0 Å². The second-order valence-corrected chi connectivity index (χ2v) is 4.51. The van der Waals surface area contributed by atoms with Crippen molar-refractivity contribution in [3.63, 3.8) is 0 Å². The number of hydrogen-bond donors (Lipinski definition) is 2. The molecule has 5 heteroatoms. The van der Waals surface area contributed by atoms with Gasteiger partial charge in [-0.2, -0.15) is 0 Å². The Kier molecular flexibility index (Phi) is 6.78. The maximum Gasteiger partial charge on any atom is 0.226 e. The molecule has 100 valence electrons. The fraction of sp³-hybridized carbons (Fsp3) is 0.462. The monoisotopic (exact) mass is 269 g/mol. The van der Waals surface area contributed by atoms with Crippen molar-refractivity contribution >= 4 is 18.5 Å². The first-order valence-electron chi connectivity index (χ1n) is 5.84. The minimum absolute atomic E-state index is 0.00768. The van der Waals surface area contributed by atoms with E-state index < -0.39 is 0 Å². The number of likely N-dealkylation sites (N-methyl/N-ethyl adjacent to an activating group) is 1. The molecule has 0 saturated heterocycles. The lowest BCUT2D eigenvalue weighted by Gasteiger charge is -2.17. The predicted molar refractivity (Wildman–Crippen MR) is 72.9 cm³/mol. The van der Waals surface area contributed by atoms with E-state index >= 15 is 0 Å².